The molecular weight excluding hydrogens is 302 g/mol. The molecule has 0 spiro atoms. The number of guanidine groups is 1. The van der Waals surface area contributed by atoms with Gasteiger partial charge in [0.05, 0.1) is 13.2 Å². The fourth-order valence-corrected chi connectivity index (χ4v) is 2.75. The maximum Gasteiger partial charge on any atom is 0.191 e. The minimum absolute atomic E-state index is 0.848. The SMILES string of the molecule is CCNC(=NCCCN1CCOCC1)NCCc1ccncc1C. The predicted octanol–water partition coefficient (Wildman–Crippen LogP) is 1.21. The van der Waals surface area contributed by atoms with Gasteiger partial charge in [0.1, 0.15) is 0 Å². The maximum absolute atomic E-state index is 5.37. The van der Waals surface area contributed by atoms with E-state index in [9.17, 15) is 0 Å². The average molecular weight is 333 g/mol. The van der Waals surface area contributed by atoms with Gasteiger partial charge in [-0.15, -0.1) is 0 Å². The first kappa shape index (κ1) is 18.7. The minimum Gasteiger partial charge on any atom is -0.379 e. The summed E-state index contributed by atoms with van der Waals surface area (Å²) in [5, 5.41) is 6.73. The second kappa shape index (κ2) is 11.0. The summed E-state index contributed by atoms with van der Waals surface area (Å²) in [7, 11) is 0. The Morgan fingerprint density at radius 2 is 2.17 bits per heavy atom. The first-order valence-corrected chi connectivity index (χ1v) is 9.01. The highest BCUT2D eigenvalue weighted by molar-refractivity contribution is 5.79. The Hall–Kier alpha value is -1.66. The van der Waals surface area contributed by atoms with Crippen molar-refractivity contribution in [1.82, 2.24) is 20.5 Å². The molecule has 24 heavy (non-hydrogen) atoms. The molecule has 0 bridgehead atoms. The highest BCUT2D eigenvalue weighted by Gasteiger charge is 2.09. The Bertz CT molecular complexity index is 500. The number of morpholine rings is 1. The smallest absolute Gasteiger partial charge is 0.191 e. The summed E-state index contributed by atoms with van der Waals surface area (Å²) in [4.78, 5) is 11.3. The van der Waals surface area contributed by atoms with E-state index in [-0.39, 0.29) is 0 Å². The molecule has 2 heterocycles. The number of pyridine rings is 1. The largest absolute Gasteiger partial charge is 0.379 e. The van der Waals surface area contributed by atoms with Crippen LogP contribution in [0, 0.1) is 6.92 Å². The van der Waals surface area contributed by atoms with Crippen LogP contribution in [0.25, 0.3) is 0 Å². The number of nitrogens with one attached hydrogen (secondary N) is 2. The molecule has 1 aliphatic rings. The topological polar surface area (TPSA) is 61.8 Å². The van der Waals surface area contributed by atoms with Gasteiger partial charge >= 0.3 is 0 Å². The van der Waals surface area contributed by atoms with E-state index in [0.717, 1.165) is 71.3 Å². The molecule has 6 heteroatoms. The van der Waals surface area contributed by atoms with Gasteiger partial charge in [0.15, 0.2) is 5.96 Å². The van der Waals surface area contributed by atoms with E-state index < -0.39 is 0 Å². The lowest BCUT2D eigenvalue weighted by molar-refractivity contribution is 0.0377. The summed E-state index contributed by atoms with van der Waals surface area (Å²) in [6.45, 7) is 11.7. The summed E-state index contributed by atoms with van der Waals surface area (Å²) < 4.78 is 5.37. The third kappa shape index (κ3) is 6.84. The van der Waals surface area contributed by atoms with Gasteiger partial charge in [-0.3, -0.25) is 14.9 Å². The normalized spacial score (nSPS) is 16.2. The number of aliphatic imine (C=N–C) groups is 1. The number of hydrogen-bond donors (Lipinski definition) is 2. The van der Waals surface area contributed by atoms with Crippen molar-refractivity contribution < 1.29 is 4.74 Å². The summed E-state index contributed by atoms with van der Waals surface area (Å²) in [6.07, 6.45) is 5.83. The van der Waals surface area contributed by atoms with Crippen LogP contribution in [0.4, 0.5) is 0 Å². The highest BCUT2D eigenvalue weighted by Crippen LogP contribution is 2.04. The Labute approximate surface area is 145 Å². The molecule has 1 saturated heterocycles. The number of rotatable bonds is 8. The van der Waals surface area contributed by atoms with Crippen LogP contribution >= 0.6 is 0 Å². The predicted molar refractivity (Wildman–Crippen MR) is 98.5 cm³/mol. The van der Waals surface area contributed by atoms with Crippen LogP contribution in [-0.4, -0.2) is 68.3 Å². The second-order valence-electron chi connectivity index (χ2n) is 6.05. The van der Waals surface area contributed by atoms with E-state index in [2.05, 4.69) is 45.4 Å². The van der Waals surface area contributed by atoms with Crippen molar-refractivity contribution in [2.75, 3.05) is 52.5 Å². The van der Waals surface area contributed by atoms with E-state index in [4.69, 9.17) is 4.74 Å². The lowest BCUT2D eigenvalue weighted by Crippen LogP contribution is -2.39. The molecule has 1 aliphatic heterocycles. The molecule has 6 nitrogen and oxygen atoms in total. The molecule has 2 N–H and O–H groups in total. The van der Waals surface area contributed by atoms with E-state index >= 15 is 0 Å². The van der Waals surface area contributed by atoms with Crippen molar-refractivity contribution in [1.29, 1.82) is 0 Å². The molecule has 0 amide bonds. The molecule has 0 radical (unpaired) electrons. The van der Waals surface area contributed by atoms with Crippen LogP contribution in [0.15, 0.2) is 23.5 Å². The molecule has 0 saturated carbocycles. The lowest BCUT2D eigenvalue weighted by Gasteiger charge is -2.26. The number of ether oxygens (including phenoxy) is 1. The summed E-state index contributed by atoms with van der Waals surface area (Å²) in [6, 6.07) is 2.09. The van der Waals surface area contributed by atoms with Gasteiger partial charge in [-0.05, 0) is 43.9 Å². The molecule has 1 aromatic rings. The van der Waals surface area contributed by atoms with Gasteiger partial charge in [0.25, 0.3) is 0 Å². The van der Waals surface area contributed by atoms with Gasteiger partial charge in [-0.1, -0.05) is 0 Å². The zero-order valence-electron chi connectivity index (χ0n) is 15.1. The van der Waals surface area contributed by atoms with E-state index in [1.807, 2.05) is 12.4 Å². The Morgan fingerprint density at radius 3 is 2.92 bits per heavy atom. The van der Waals surface area contributed by atoms with Crippen molar-refractivity contribution in [3.63, 3.8) is 0 Å². The van der Waals surface area contributed by atoms with Crippen LogP contribution in [0.5, 0.6) is 0 Å². The standard InChI is InChI=1S/C18H31N5O/c1-3-20-18(21-7-4-10-23-11-13-24-14-12-23)22-9-6-17-5-8-19-15-16(17)2/h5,8,15H,3-4,6-7,9-14H2,1-2H3,(H2,20,21,22). The van der Waals surface area contributed by atoms with Crippen LogP contribution in [0.2, 0.25) is 0 Å². The van der Waals surface area contributed by atoms with Crippen LogP contribution in [0.3, 0.4) is 0 Å². The van der Waals surface area contributed by atoms with Crippen molar-refractivity contribution in [3.05, 3.63) is 29.6 Å². The fraction of sp³-hybridized carbons (Fsp3) is 0.667. The van der Waals surface area contributed by atoms with E-state index in [1.165, 1.54) is 11.1 Å². The maximum atomic E-state index is 5.37. The van der Waals surface area contributed by atoms with Crippen molar-refractivity contribution in [3.8, 4) is 0 Å². The molecule has 0 aromatic carbocycles. The average Bonchev–Trinajstić information content (AvgIpc) is 2.61. The van der Waals surface area contributed by atoms with Gasteiger partial charge in [-0.2, -0.15) is 0 Å². The monoisotopic (exact) mass is 333 g/mol. The number of aromatic nitrogens is 1. The number of nitrogens with zero attached hydrogens (tertiary/aromatic N) is 3. The fourth-order valence-electron chi connectivity index (χ4n) is 2.75. The third-order valence-corrected chi connectivity index (χ3v) is 4.17. The summed E-state index contributed by atoms with van der Waals surface area (Å²) in [5.74, 6) is 0.909. The van der Waals surface area contributed by atoms with Crippen molar-refractivity contribution in [2.45, 2.75) is 26.7 Å². The quantitative estimate of drug-likeness (QED) is 0.425. The first-order chi connectivity index (χ1) is 11.8. The zero-order valence-corrected chi connectivity index (χ0v) is 15.1. The Balaban J connectivity index is 1.68. The van der Waals surface area contributed by atoms with Crippen molar-refractivity contribution >= 4 is 5.96 Å². The summed E-state index contributed by atoms with van der Waals surface area (Å²) in [5.41, 5.74) is 2.58. The molecule has 0 atom stereocenters. The van der Waals surface area contributed by atoms with Crippen LogP contribution in [-0.2, 0) is 11.2 Å². The zero-order chi connectivity index (χ0) is 17.0. The van der Waals surface area contributed by atoms with Crippen LogP contribution in [0.1, 0.15) is 24.5 Å². The van der Waals surface area contributed by atoms with Gasteiger partial charge in [0, 0.05) is 51.7 Å². The van der Waals surface area contributed by atoms with E-state index in [0.29, 0.717) is 0 Å². The molecule has 0 unspecified atom stereocenters. The van der Waals surface area contributed by atoms with Crippen molar-refractivity contribution in [2.24, 2.45) is 4.99 Å². The van der Waals surface area contributed by atoms with Gasteiger partial charge < -0.3 is 15.4 Å². The number of aryl methyl sites for hydroxylation is 1. The van der Waals surface area contributed by atoms with Gasteiger partial charge in [0.2, 0.25) is 0 Å². The Kier molecular flexibility index (Phi) is 8.55. The van der Waals surface area contributed by atoms with E-state index in [1.54, 1.807) is 0 Å². The van der Waals surface area contributed by atoms with Gasteiger partial charge in [-0.25, -0.2) is 0 Å². The summed E-state index contributed by atoms with van der Waals surface area (Å²) >= 11 is 0. The molecule has 0 aliphatic carbocycles. The molecular formula is C18H31N5O. The third-order valence-electron chi connectivity index (χ3n) is 4.17. The van der Waals surface area contributed by atoms with Crippen LogP contribution < -0.4 is 10.6 Å². The molecule has 2 rings (SSSR count). The molecule has 1 fully saturated rings. The number of hydrogen-bond acceptors (Lipinski definition) is 4. The lowest BCUT2D eigenvalue weighted by atomic mass is 10.1. The first-order valence-electron chi connectivity index (χ1n) is 9.01. The second-order valence-corrected chi connectivity index (χ2v) is 6.05. The Morgan fingerprint density at radius 1 is 1.33 bits per heavy atom. The molecule has 134 valence electrons. The molecule has 1 aromatic heterocycles. The minimum atomic E-state index is 0.848. The highest BCUT2D eigenvalue weighted by atomic mass is 16.5.